The van der Waals surface area contributed by atoms with Gasteiger partial charge in [0.05, 0.1) is 6.20 Å². The molecule has 0 aliphatic heterocycles. The second-order valence-corrected chi connectivity index (χ2v) is 2.59. The van der Waals surface area contributed by atoms with Gasteiger partial charge in [0.25, 0.3) is 0 Å². The fourth-order valence-electron chi connectivity index (χ4n) is 0.571. The van der Waals surface area contributed by atoms with Crippen molar-refractivity contribution in [3.05, 3.63) is 23.9 Å². The van der Waals surface area contributed by atoms with Crippen LogP contribution in [-0.4, -0.2) is 20.9 Å². The fourth-order valence-corrected chi connectivity index (χ4v) is 0.976. The van der Waals surface area contributed by atoms with Gasteiger partial charge >= 0.3 is 0 Å². The Kier molecular flexibility index (Phi) is 3.76. The third-order valence-electron chi connectivity index (χ3n) is 1.03. The Morgan fingerprint density at radius 3 is 3.00 bits per heavy atom. The van der Waals surface area contributed by atoms with Gasteiger partial charge in [-0.25, -0.2) is 0 Å². The summed E-state index contributed by atoms with van der Waals surface area (Å²) in [5.74, 6) is 0.555. The van der Waals surface area contributed by atoms with Crippen molar-refractivity contribution in [1.82, 2.24) is 15.4 Å². The molecule has 1 atom stereocenters. The van der Waals surface area contributed by atoms with Crippen LogP contribution in [0.5, 0.6) is 0 Å². The summed E-state index contributed by atoms with van der Waals surface area (Å²) in [7, 11) is 0. The molecule has 1 N–H and O–H groups in total. The maximum Gasteiger partial charge on any atom is 0.153 e. The van der Waals surface area contributed by atoms with Gasteiger partial charge in [-0.3, -0.25) is 0 Å². The summed E-state index contributed by atoms with van der Waals surface area (Å²) in [5.41, 5.74) is 0.943. The maximum atomic E-state index is 5.74. The number of hydrogen-bond acceptors (Lipinski definition) is 4. The fraction of sp³-hybridized carbons (Fsp3) is 0.167. The maximum absolute atomic E-state index is 5.74. The number of nitrogens with zero attached hydrogens (tertiary/aromatic N) is 3. The SMILES string of the molecule is ClC=CC(Cl)Nc1ccnnn1. The van der Waals surface area contributed by atoms with Crippen LogP contribution in [0, 0.1) is 0 Å². The van der Waals surface area contributed by atoms with Crippen LogP contribution in [0.4, 0.5) is 5.82 Å². The van der Waals surface area contributed by atoms with Crippen LogP contribution in [0.1, 0.15) is 0 Å². The number of alkyl halides is 1. The van der Waals surface area contributed by atoms with Crippen molar-refractivity contribution in [3.8, 4) is 0 Å². The molecule has 0 fully saturated rings. The Morgan fingerprint density at radius 1 is 1.58 bits per heavy atom. The molecule has 6 heteroatoms. The molecule has 0 saturated heterocycles. The van der Waals surface area contributed by atoms with Crippen LogP contribution in [0.2, 0.25) is 0 Å². The zero-order valence-electron chi connectivity index (χ0n) is 5.98. The average molecular weight is 205 g/mol. The Balaban J connectivity index is 2.52. The van der Waals surface area contributed by atoms with Gasteiger partial charge in [-0.1, -0.05) is 23.2 Å². The van der Waals surface area contributed by atoms with Gasteiger partial charge in [-0.15, -0.1) is 10.2 Å². The molecule has 0 radical (unpaired) electrons. The largest absolute Gasteiger partial charge is 0.349 e. The molecule has 0 saturated carbocycles. The molecular weight excluding hydrogens is 199 g/mol. The first-order valence-corrected chi connectivity index (χ1v) is 4.02. The number of rotatable bonds is 3. The molecule has 1 rings (SSSR count). The number of halogens is 2. The molecular formula is C6H6Cl2N4. The first-order valence-electron chi connectivity index (χ1n) is 3.15. The van der Waals surface area contributed by atoms with Crippen molar-refractivity contribution in [1.29, 1.82) is 0 Å². The Hall–Kier alpha value is -0.870. The topological polar surface area (TPSA) is 50.7 Å². The molecule has 0 aliphatic carbocycles. The predicted molar refractivity (Wildman–Crippen MR) is 48.1 cm³/mol. The molecule has 12 heavy (non-hydrogen) atoms. The first-order chi connectivity index (χ1) is 5.83. The van der Waals surface area contributed by atoms with Crippen LogP contribution in [0.15, 0.2) is 23.9 Å². The summed E-state index contributed by atoms with van der Waals surface area (Å²) in [6, 6.07) is 1.66. The molecule has 4 nitrogen and oxygen atoms in total. The summed E-state index contributed by atoms with van der Waals surface area (Å²) in [6.07, 6.45) is 3.09. The third kappa shape index (κ3) is 3.02. The average Bonchev–Trinajstić information content (AvgIpc) is 2.06. The van der Waals surface area contributed by atoms with E-state index in [1.165, 1.54) is 11.7 Å². The van der Waals surface area contributed by atoms with E-state index >= 15 is 0 Å². The number of nitrogens with one attached hydrogen (secondary N) is 1. The first kappa shape index (κ1) is 9.22. The summed E-state index contributed by atoms with van der Waals surface area (Å²) < 4.78 is 0. The van der Waals surface area contributed by atoms with E-state index in [0.29, 0.717) is 5.82 Å². The van der Waals surface area contributed by atoms with Crippen molar-refractivity contribution in [2.75, 3.05) is 5.32 Å². The number of hydrogen-bond donors (Lipinski definition) is 1. The van der Waals surface area contributed by atoms with E-state index in [9.17, 15) is 0 Å². The summed E-state index contributed by atoms with van der Waals surface area (Å²) in [5, 5.41) is 13.4. The van der Waals surface area contributed by atoms with E-state index in [1.54, 1.807) is 12.1 Å². The van der Waals surface area contributed by atoms with Gasteiger partial charge in [-0.05, 0) is 11.3 Å². The lowest BCUT2D eigenvalue weighted by molar-refractivity contribution is 0.863. The van der Waals surface area contributed by atoms with Gasteiger partial charge < -0.3 is 5.32 Å². The van der Waals surface area contributed by atoms with Crippen molar-refractivity contribution < 1.29 is 0 Å². The minimum absolute atomic E-state index is 0.390. The minimum atomic E-state index is -0.390. The van der Waals surface area contributed by atoms with Gasteiger partial charge in [0.15, 0.2) is 5.82 Å². The van der Waals surface area contributed by atoms with Crippen LogP contribution < -0.4 is 5.32 Å². The molecule has 1 unspecified atom stereocenters. The highest BCUT2D eigenvalue weighted by molar-refractivity contribution is 6.27. The Labute approximate surface area is 79.6 Å². The number of aromatic nitrogens is 3. The van der Waals surface area contributed by atoms with Crippen LogP contribution in [-0.2, 0) is 0 Å². The zero-order chi connectivity index (χ0) is 8.81. The smallest absolute Gasteiger partial charge is 0.153 e. The summed E-state index contributed by atoms with van der Waals surface area (Å²) in [4.78, 5) is 0. The van der Waals surface area contributed by atoms with E-state index in [2.05, 4.69) is 20.7 Å². The second-order valence-electron chi connectivity index (χ2n) is 1.87. The van der Waals surface area contributed by atoms with Crippen molar-refractivity contribution in [3.63, 3.8) is 0 Å². The molecule has 0 aromatic carbocycles. The van der Waals surface area contributed by atoms with Crippen LogP contribution in [0.25, 0.3) is 0 Å². The number of anilines is 1. The Bertz CT molecular complexity index is 251. The van der Waals surface area contributed by atoms with Crippen molar-refractivity contribution in [2.24, 2.45) is 0 Å². The highest BCUT2D eigenvalue weighted by atomic mass is 35.5. The van der Waals surface area contributed by atoms with E-state index in [1.807, 2.05) is 0 Å². The normalized spacial score (nSPS) is 13.2. The lowest BCUT2D eigenvalue weighted by atomic mass is 10.5. The summed E-state index contributed by atoms with van der Waals surface area (Å²) in [6.45, 7) is 0. The summed E-state index contributed by atoms with van der Waals surface area (Å²) >= 11 is 11.1. The van der Waals surface area contributed by atoms with Gasteiger partial charge in [0.1, 0.15) is 5.50 Å². The third-order valence-corrected chi connectivity index (χ3v) is 1.43. The van der Waals surface area contributed by atoms with E-state index < -0.39 is 0 Å². The van der Waals surface area contributed by atoms with Crippen molar-refractivity contribution >= 4 is 29.0 Å². The molecule has 0 spiro atoms. The molecule has 0 amide bonds. The van der Waals surface area contributed by atoms with E-state index in [-0.39, 0.29) is 5.50 Å². The van der Waals surface area contributed by atoms with Gasteiger partial charge in [0.2, 0.25) is 0 Å². The zero-order valence-corrected chi connectivity index (χ0v) is 7.50. The highest BCUT2D eigenvalue weighted by Crippen LogP contribution is 2.04. The lowest BCUT2D eigenvalue weighted by Gasteiger charge is -2.05. The molecule has 0 bridgehead atoms. The van der Waals surface area contributed by atoms with Crippen LogP contribution >= 0.6 is 23.2 Å². The minimum Gasteiger partial charge on any atom is -0.349 e. The van der Waals surface area contributed by atoms with Gasteiger partial charge in [0, 0.05) is 11.6 Å². The predicted octanol–water partition coefficient (Wildman–Crippen LogP) is 1.60. The second kappa shape index (κ2) is 4.90. The molecule has 64 valence electrons. The van der Waals surface area contributed by atoms with Crippen molar-refractivity contribution in [2.45, 2.75) is 5.50 Å². The quantitative estimate of drug-likeness (QED) is 0.601. The molecule has 1 aromatic rings. The van der Waals surface area contributed by atoms with Crippen LogP contribution in [0.3, 0.4) is 0 Å². The molecule has 1 heterocycles. The highest BCUT2D eigenvalue weighted by Gasteiger charge is 1.99. The van der Waals surface area contributed by atoms with E-state index in [4.69, 9.17) is 23.2 Å². The molecule has 0 aliphatic rings. The Morgan fingerprint density at radius 2 is 2.42 bits per heavy atom. The monoisotopic (exact) mass is 204 g/mol. The van der Waals surface area contributed by atoms with Gasteiger partial charge in [-0.2, -0.15) is 0 Å². The standard InChI is InChI=1S/C6H6Cl2N4/c7-3-1-5(8)10-6-2-4-9-12-11-6/h1-5H,(H,9,10,11). The molecule has 1 aromatic heterocycles. The van der Waals surface area contributed by atoms with E-state index in [0.717, 1.165) is 0 Å². The lowest BCUT2D eigenvalue weighted by Crippen LogP contribution is -2.10.